The van der Waals surface area contributed by atoms with Crippen molar-refractivity contribution in [1.29, 1.82) is 0 Å². The molecule has 216 valence electrons. The Morgan fingerprint density at radius 1 is 1.00 bits per heavy atom. The lowest BCUT2D eigenvalue weighted by molar-refractivity contribution is -0.274. The third-order valence-electron chi connectivity index (χ3n) is 8.74. The average Bonchev–Trinajstić information content (AvgIpc) is 3.87. The van der Waals surface area contributed by atoms with Crippen molar-refractivity contribution >= 4 is 11.9 Å². The van der Waals surface area contributed by atoms with Crippen LogP contribution in [0.4, 0.5) is 19.1 Å². The van der Waals surface area contributed by atoms with Crippen LogP contribution in [-0.4, -0.2) is 50.6 Å². The molecular weight excluding hydrogens is 537 g/mol. The average molecular weight is 569 g/mol. The molecule has 2 saturated heterocycles. The van der Waals surface area contributed by atoms with Gasteiger partial charge in [-0.05, 0) is 69.4 Å². The summed E-state index contributed by atoms with van der Waals surface area (Å²) in [7, 11) is 0. The van der Waals surface area contributed by atoms with Gasteiger partial charge in [0, 0.05) is 52.3 Å². The van der Waals surface area contributed by atoms with Gasteiger partial charge >= 0.3 is 12.3 Å². The third kappa shape index (κ3) is 5.39. The Hall–Kier alpha value is -3.60. The molecule has 2 unspecified atom stereocenters. The fraction of sp³-hybridized carbons (Fsp3) is 0.500. The number of ether oxygens (including phenoxy) is 2. The predicted octanol–water partition coefficient (Wildman–Crippen LogP) is 6.54. The topological polar surface area (TPSA) is 101 Å². The van der Waals surface area contributed by atoms with Crippen LogP contribution in [-0.2, 0) is 11.3 Å². The lowest BCUT2D eigenvalue weighted by Crippen LogP contribution is -2.46. The first-order chi connectivity index (χ1) is 19.7. The number of halogens is 3. The van der Waals surface area contributed by atoms with Crippen LogP contribution in [0.15, 0.2) is 36.5 Å². The van der Waals surface area contributed by atoms with E-state index in [1.807, 2.05) is 0 Å². The Morgan fingerprint density at radius 3 is 2.37 bits per heavy atom. The van der Waals surface area contributed by atoms with Crippen molar-refractivity contribution in [1.82, 2.24) is 15.0 Å². The molecule has 0 spiro atoms. The van der Waals surface area contributed by atoms with Gasteiger partial charge in [-0.25, -0.2) is 14.8 Å². The van der Waals surface area contributed by atoms with E-state index >= 15 is 0 Å². The number of rotatable bonds is 9. The molecule has 2 aliphatic carbocycles. The zero-order chi connectivity index (χ0) is 28.3. The van der Waals surface area contributed by atoms with Gasteiger partial charge in [-0.15, -0.1) is 13.2 Å². The maximum atomic E-state index is 13.1. The number of hydrogen-bond donors (Lipinski definition) is 2. The number of nitrogens with zero attached hydrogens (tertiary/aromatic N) is 3. The van der Waals surface area contributed by atoms with Crippen LogP contribution in [0, 0.1) is 0 Å². The van der Waals surface area contributed by atoms with E-state index in [0.717, 1.165) is 68.3 Å². The molecule has 0 amide bonds. The number of nitrogens with one attached hydrogen (secondary N) is 1. The van der Waals surface area contributed by atoms with Gasteiger partial charge in [-0.1, -0.05) is 18.2 Å². The number of carbonyl (C=O) groups is 1. The van der Waals surface area contributed by atoms with E-state index in [-0.39, 0.29) is 36.2 Å². The largest absolute Gasteiger partial charge is 0.573 e. The highest BCUT2D eigenvalue weighted by molar-refractivity contribution is 5.85. The summed E-state index contributed by atoms with van der Waals surface area (Å²) in [5, 5.41) is 9.63. The molecule has 4 fully saturated rings. The summed E-state index contributed by atoms with van der Waals surface area (Å²) < 4.78 is 50.3. The monoisotopic (exact) mass is 568 g/mol. The molecule has 41 heavy (non-hydrogen) atoms. The lowest BCUT2D eigenvalue weighted by Gasteiger charge is -2.39. The molecule has 11 heteroatoms. The minimum atomic E-state index is -4.79. The second-order valence-corrected chi connectivity index (χ2v) is 11.7. The van der Waals surface area contributed by atoms with E-state index in [2.05, 4.69) is 19.6 Å². The normalized spacial score (nSPS) is 24.1. The molecule has 2 bridgehead atoms. The van der Waals surface area contributed by atoms with Gasteiger partial charge in [-0.3, -0.25) is 0 Å². The first-order valence-corrected chi connectivity index (χ1v) is 14.3. The molecule has 4 heterocycles. The molecule has 7 rings (SSSR count). The van der Waals surface area contributed by atoms with Crippen molar-refractivity contribution in [3.8, 4) is 16.9 Å². The van der Waals surface area contributed by atoms with Crippen molar-refractivity contribution in [2.24, 2.45) is 0 Å². The number of H-pyrrole nitrogens is 1. The van der Waals surface area contributed by atoms with E-state index in [4.69, 9.17) is 9.72 Å². The van der Waals surface area contributed by atoms with Crippen LogP contribution in [0.25, 0.3) is 11.1 Å². The number of aromatic nitrogens is 3. The van der Waals surface area contributed by atoms with Gasteiger partial charge in [-0.2, -0.15) is 0 Å². The first-order valence-electron chi connectivity index (χ1n) is 14.3. The number of aromatic amines is 1. The first kappa shape index (κ1) is 26.3. The molecule has 2 saturated carbocycles. The van der Waals surface area contributed by atoms with E-state index in [0.29, 0.717) is 28.9 Å². The fourth-order valence-electron chi connectivity index (χ4n) is 6.56. The second kappa shape index (κ2) is 10.0. The number of hydrogen-bond acceptors (Lipinski definition) is 6. The Morgan fingerprint density at radius 2 is 1.71 bits per heavy atom. The maximum absolute atomic E-state index is 13.1. The molecule has 2 N–H and O–H groups in total. The summed E-state index contributed by atoms with van der Waals surface area (Å²) in [6, 6.07) is 8.10. The predicted molar refractivity (Wildman–Crippen MR) is 143 cm³/mol. The van der Waals surface area contributed by atoms with Gasteiger partial charge < -0.3 is 24.5 Å². The second-order valence-electron chi connectivity index (χ2n) is 11.7. The standard InChI is InChI=1S/C30H31F3N4O4/c31-30(32,33)41-26-4-2-1-3-21(26)22-14-34-27(17-7-8-17)23(22)15-40-20-11-18-9-10-19(12-20)37(18)29-35-24(16-5-6-16)13-25(36-29)28(38)39/h1-4,13-14,16-20,34H,5-12,15H2,(H,38,39). The molecule has 0 radical (unpaired) electrons. The van der Waals surface area contributed by atoms with E-state index < -0.39 is 12.3 Å². The summed E-state index contributed by atoms with van der Waals surface area (Å²) >= 11 is 0. The smallest absolute Gasteiger partial charge is 0.477 e. The Balaban J connectivity index is 1.10. The van der Waals surface area contributed by atoms with Crippen LogP contribution < -0.4 is 9.64 Å². The minimum Gasteiger partial charge on any atom is -0.477 e. The SMILES string of the molecule is O=C(O)c1cc(C2CC2)nc(N2C3CCC2CC(OCc2c(-c4ccccc4OC(F)(F)F)c[nH]c2C2CC2)C3)n1. The highest BCUT2D eigenvalue weighted by atomic mass is 19.4. The quantitative estimate of drug-likeness (QED) is 0.302. The Kier molecular flexibility index (Phi) is 6.44. The van der Waals surface area contributed by atoms with E-state index in [1.165, 1.54) is 12.1 Å². The fourth-order valence-corrected chi connectivity index (χ4v) is 6.56. The summed E-state index contributed by atoms with van der Waals surface area (Å²) in [5.41, 5.74) is 3.80. The molecule has 2 atom stereocenters. The molecule has 1 aromatic carbocycles. The summed E-state index contributed by atoms with van der Waals surface area (Å²) in [5.74, 6) is -0.102. The highest BCUT2D eigenvalue weighted by Gasteiger charge is 2.43. The van der Waals surface area contributed by atoms with Crippen LogP contribution in [0.5, 0.6) is 5.75 Å². The molecule has 2 aliphatic heterocycles. The summed E-state index contributed by atoms with van der Waals surface area (Å²) in [6.07, 6.45) is 4.47. The Labute approximate surface area is 234 Å². The number of carboxylic acids is 1. The number of fused-ring (bicyclic) bond motifs is 2. The van der Waals surface area contributed by atoms with E-state index in [1.54, 1.807) is 24.4 Å². The molecule has 3 aromatic rings. The number of para-hydroxylation sites is 1. The number of piperidine rings is 1. The van der Waals surface area contributed by atoms with Crippen molar-refractivity contribution in [2.45, 2.75) is 94.4 Å². The number of alkyl halides is 3. The van der Waals surface area contributed by atoms with Crippen molar-refractivity contribution in [2.75, 3.05) is 4.90 Å². The summed E-state index contributed by atoms with van der Waals surface area (Å²) in [4.78, 5) is 26.5. The van der Waals surface area contributed by atoms with Gasteiger partial charge in [0.05, 0.1) is 12.7 Å². The van der Waals surface area contributed by atoms with Gasteiger partial charge in [0.15, 0.2) is 5.69 Å². The van der Waals surface area contributed by atoms with Gasteiger partial charge in [0.25, 0.3) is 0 Å². The maximum Gasteiger partial charge on any atom is 0.573 e. The molecule has 8 nitrogen and oxygen atoms in total. The van der Waals surface area contributed by atoms with Crippen molar-refractivity contribution < 1.29 is 32.5 Å². The highest BCUT2D eigenvalue weighted by Crippen LogP contribution is 2.46. The third-order valence-corrected chi connectivity index (χ3v) is 8.74. The number of carboxylic acid groups (broad SMARTS) is 1. The number of benzene rings is 1. The lowest BCUT2D eigenvalue weighted by atomic mass is 9.99. The number of anilines is 1. The Bertz CT molecular complexity index is 1450. The van der Waals surface area contributed by atoms with Gasteiger partial charge in [0.2, 0.25) is 5.95 Å². The summed E-state index contributed by atoms with van der Waals surface area (Å²) in [6.45, 7) is 0.284. The van der Waals surface area contributed by atoms with Crippen molar-refractivity contribution in [3.05, 3.63) is 59.2 Å². The van der Waals surface area contributed by atoms with Crippen LogP contribution in [0.3, 0.4) is 0 Å². The van der Waals surface area contributed by atoms with Crippen LogP contribution in [0.1, 0.15) is 90.6 Å². The minimum absolute atomic E-state index is 0.0363. The van der Waals surface area contributed by atoms with E-state index in [9.17, 15) is 23.1 Å². The zero-order valence-corrected chi connectivity index (χ0v) is 22.4. The molecule has 2 aromatic heterocycles. The van der Waals surface area contributed by atoms with Crippen LogP contribution in [0.2, 0.25) is 0 Å². The van der Waals surface area contributed by atoms with Crippen molar-refractivity contribution in [3.63, 3.8) is 0 Å². The number of aromatic carboxylic acids is 1. The molecule has 4 aliphatic rings. The van der Waals surface area contributed by atoms with Crippen LogP contribution >= 0.6 is 0 Å². The van der Waals surface area contributed by atoms with Gasteiger partial charge in [0.1, 0.15) is 5.75 Å². The molecular formula is C30H31F3N4O4. The zero-order valence-electron chi connectivity index (χ0n) is 22.4.